The molecule has 7 nitrogen and oxygen atoms in total. The van der Waals surface area contributed by atoms with Gasteiger partial charge in [0.1, 0.15) is 17.1 Å². The number of aryl methyl sites for hydroxylation is 1. The number of fused-ring (bicyclic) bond motifs is 1. The number of alkyl halides is 3. The van der Waals surface area contributed by atoms with Crippen LogP contribution in [0.4, 0.5) is 13.2 Å². The molecule has 2 aromatic heterocycles. The highest BCUT2D eigenvalue weighted by molar-refractivity contribution is 6.30. The SMILES string of the molecule is COc1cc(CCC(=O)Oc2ccc3c(=O)c(-c4ccc(Cl)cc4)c(C(F)(F)F)oc3c2)on1. The number of esters is 1. The normalized spacial score (nSPS) is 11.6. The lowest BCUT2D eigenvalue weighted by atomic mass is 10.0. The summed E-state index contributed by atoms with van der Waals surface area (Å²) in [6.45, 7) is 0. The van der Waals surface area contributed by atoms with Gasteiger partial charge >= 0.3 is 12.1 Å². The van der Waals surface area contributed by atoms with Crippen LogP contribution in [-0.2, 0) is 17.4 Å². The van der Waals surface area contributed by atoms with E-state index >= 15 is 0 Å². The average Bonchev–Trinajstić information content (AvgIpc) is 3.26. The lowest BCUT2D eigenvalue weighted by Gasteiger charge is -2.13. The van der Waals surface area contributed by atoms with Crippen molar-refractivity contribution in [1.82, 2.24) is 5.16 Å². The number of aromatic nitrogens is 1. The lowest BCUT2D eigenvalue weighted by Crippen LogP contribution is -2.16. The first-order valence-corrected chi connectivity index (χ1v) is 10.2. The van der Waals surface area contributed by atoms with Crippen molar-refractivity contribution in [2.75, 3.05) is 7.11 Å². The second-order valence-corrected chi connectivity index (χ2v) is 7.54. The highest BCUT2D eigenvalue weighted by Crippen LogP contribution is 2.38. The van der Waals surface area contributed by atoms with Gasteiger partial charge in [-0.25, -0.2) is 0 Å². The Morgan fingerprint density at radius 2 is 1.85 bits per heavy atom. The van der Waals surface area contributed by atoms with E-state index in [9.17, 15) is 22.8 Å². The lowest BCUT2D eigenvalue weighted by molar-refractivity contribution is -0.152. The van der Waals surface area contributed by atoms with E-state index in [0.29, 0.717) is 10.8 Å². The summed E-state index contributed by atoms with van der Waals surface area (Å²) in [5, 5.41) is 3.81. The van der Waals surface area contributed by atoms with E-state index in [-0.39, 0.29) is 41.0 Å². The Bertz CT molecular complexity index is 1410. The predicted molar refractivity (Wildman–Crippen MR) is 115 cm³/mol. The molecule has 0 aliphatic rings. The first kappa shape index (κ1) is 23.4. The third-order valence-electron chi connectivity index (χ3n) is 4.81. The summed E-state index contributed by atoms with van der Waals surface area (Å²) in [7, 11) is 1.41. The molecule has 0 atom stereocenters. The molecule has 176 valence electrons. The molecule has 0 fully saturated rings. The van der Waals surface area contributed by atoms with Gasteiger partial charge in [0, 0.05) is 23.6 Å². The van der Waals surface area contributed by atoms with Crippen LogP contribution < -0.4 is 14.9 Å². The van der Waals surface area contributed by atoms with Gasteiger partial charge in [0.15, 0.2) is 0 Å². The number of benzene rings is 2. The fourth-order valence-corrected chi connectivity index (χ4v) is 3.36. The monoisotopic (exact) mass is 493 g/mol. The first-order chi connectivity index (χ1) is 16.2. The summed E-state index contributed by atoms with van der Waals surface area (Å²) < 4.78 is 61.4. The van der Waals surface area contributed by atoms with Gasteiger partial charge in [0.2, 0.25) is 11.2 Å². The van der Waals surface area contributed by atoms with E-state index in [1.54, 1.807) is 0 Å². The van der Waals surface area contributed by atoms with Gasteiger partial charge in [-0.2, -0.15) is 13.2 Å². The number of hydrogen-bond donors (Lipinski definition) is 0. The van der Waals surface area contributed by atoms with E-state index in [4.69, 9.17) is 30.0 Å². The zero-order valence-electron chi connectivity index (χ0n) is 17.4. The summed E-state index contributed by atoms with van der Waals surface area (Å²) in [4.78, 5) is 25.1. The van der Waals surface area contributed by atoms with Crippen LogP contribution in [0.1, 0.15) is 17.9 Å². The fraction of sp³-hybridized carbons (Fsp3) is 0.174. The van der Waals surface area contributed by atoms with Crippen LogP contribution in [-0.4, -0.2) is 18.2 Å². The molecule has 4 rings (SSSR count). The van der Waals surface area contributed by atoms with Crippen molar-refractivity contribution < 1.29 is 36.4 Å². The van der Waals surface area contributed by atoms with Crippen LogP contribution in [0.15, 0.2) is 62.3 Å². The smallest absolute Gasteiger partial charge is 0.450 e. The topological polar surface area (TPSA) is 91.8 Å². The van der Waals surface area contributed by atoms with E-state index in [0.717, 1.165) is 6.07 Å². The minimum atomic E-state index is -4.95. The molecule has 0 aliphatic heterocycles. The molecule has 0 amide bonds. The van der Waals surface area contributed by atoms with Crippen molar-refractivity contribution in [2.24, 2.45) is 0 Å². The Labute approximate surface area is 194 Å². The van der Waals surface area contributed by atoms with E-state index in [2.05, 4.69) is 5.16 Å². The Morgan fingerprint density at radius 3 is 2.50 bits per heavy atom. The highest BCUT2D eigenvalue weighted by Gasteiger charge is 2.39. The van der Waals surface area contributed by atoms with Gasteiger partial charge in [-0.05, 0) is 35.0 Å². The number of nitrogens with zero attached hydrogens (tertiary/aromatic N) is 1. The fourth-order valence-electron chi connectivity index (χ4n) is 3.23. The first-order valence-electron chi connectivity index (χ1n) is 9.80. The maximum atomic E-state index is 13.8. The maximum Gasteiger partial charge on any atom is 0.450 e. The van der Waals surface area contributed by atoms with Crippen molar-refractivity contribution in [3.8, 4) is 22.8 Å². The molecule has 0 unspecified atom stereocenters. The highest BCUT2D eigenvalue weighted by atomic mass is 35.5. The van der Waals surface area contributed by atoms with Gasteiger partial charge < -0.3 is 18.4 Å². The predicted octanol–water partition coefficient (Wildman–Crippen LogP) is 5.67. The van der Waals surface area contributed by atoms with Gasteiger partial charge in [-0.15, -0.1) is 0 Å². The number of carbonyl (C=O) groups excluding carboxylic acids is 1. The Balaban J connectivity index is 1.64. The van der Waals surface area contributed by atoms with Crippen LogP contribution in [0.2, 0.25) is 5.02 Å². The van der Waals surface area contributed by atoms with Gasteiger partial charge in [-0.3, -0.25) is 9.59 Å². The summed E-state index contributed by atoms with van der Waals surface area (Å²) in [6.07, 6.45) is -4.88. The standard InChI is InChI=1S/C23H15ClF3NO6/c1-31-18-11-15(34-28-18)7-9-19(29)32-14-6-8-16-17(10-14)33-22(23(25,26)27)20(21(16)30)12-2-4-13(24)5-3-12/h2-6,8,10-11H,7,9H2,1H3. The molecule has 0 saturated carbocycles. The minimum absolute atomic E-state index is 0.00641. The summed E-state index contributed by atoms with van der Waals surface area (Å²) in [5.74, 6) is -1.57. The second kappa shape index (κ2) is 9.22. The van der Waals surface area contributed by atoms with Crippen LogP contribution in [0.3, 0.4) is 0 Å². The van der Waals surface area contributed by atoms with Gasteiger partial charge in [0.25, 0.3) is 5.88 Å². The number of carbonyl (C=O) groups is 1. The van der Waals surface area contributed by atoms with E-state index < -0.39 is 28.9 Å². The molecule has 2 heterocycles. The van der Waals surface area contributed by atoms with Crippen molar-refractivity contribution in [3.63, 3.8) is 0 Å². The Morgan fingerprint density at radius 1 is 1.12 bits per heavy atom. The van der Waals surface area contributed by atoms with Gasteiger partial charge in [-0.1, -0.05) is 23.7 Å². The number of methoxy groups -OCH3 is 1. The number of hydrogen-bond acceptors (Lipinski definition) is 7. The molecule has 0 radical (unpaired) electrons. The molecule has 11 heteroatoms. The summed E-state index contributed by atoms with van der Waals surface area (Å²) in [6, 6.07) is 10.5. The van der Waals surface area contributed by atoms with Crippen molar-refractivity contribution in [1.29, 1.82) is 0 Å². The molecule has 0 spiro atoms. The summed E-state index contributed by atoms with van der Waals surface area (Å²) in [5.41, 5.74) is -1.89. The molecule has 0 N–H and O–H groups in total. The molecule has 4 aromatic rings. The van der Waals surface area contributed by atoms with Crippen LogP contribution in [0.25, 0.3) is 22.1 Å². The minimum Gasteiger partial charge on any atom is -0.479 e. The van der Waals surface area contributed by atoms with Gasteiger partial charge in [0.05, 0.1) is 24.5 Å². The molecular weight excluding hydrogens is 479 g/mol. The van der Waals surface area contributed by atoms with Crippen molar-refractivity contribution >= 4 is 28.5 Å². The second-order valence-electron chi connectivity index (χ2n) is 7.11. The molecule has 0 aliphatic carbocycles. The van der Waals surface area contributed by atoms with Crippen LogP contribution >= 0.6 is 11.6 Å². The Kier molecular flexibility index (Phi) is 6.34. The quantitative estimate of drug-likeness (QED) is 0.252. The number of ether oxygens (including phenoxy) is 2. The van der Waals surface area contributed by atoms with Crippen LogP contribution in [0, 0.1) is 0 Å². The Hall–Kier alpha value is -3.79. The number of rotatable bonds is 6. The third-order valence-corrected chi connectivity index (χ3v) is 5.06. The largest absolute Gasteiger partial charge is 0.479 e. The molecular formula is C23H15ClF3NO6. The molecule has 0 saturated heterocycles. The van der Waals surface area contributed by atoms with Crippen molar-refractivity contribution in [3.05, 3.63) is 75.3 Å². The third kappa shape index (κ3) is 4.91. The zero-order valence-corrected chi connectivity index (χ0v) is 18.2. The van der Waals surface area contributed by atoms with E-state index in [1.165, 1.54) is 49.6 Å². The summed E-state index contributed by atoms with van der Waals surface area (Å²) >= 11 is 5.81. The van der Waals surface area contributed by atoms with E-state index in [1.807, 2.05) is 0 Å². The molecule has 2 aromatic carbocycles. The maximum absolute atomic E-state index is 13.8. The molecule has 0 bridgehead atoms. The number of halogens is 4. The van der Waals surface area contributed by atoms with Crippen molar-refractivity contribution in [2.45, 2.75) is 19.0 Å². The van der Waals surface area contributed by atoms with Crippen LogP contribution in [0.5, 0.6) is 11.6 Å². The average molecular weight is 494 g/mol. The zero-order chi connectivity index (χ0) is 24.5. The molecule has 34 heavy (non-hydrogen) atoms.